The van der Waals surface area contributed by atoms with Gasteiger partial charge >= 0.3 is 17.9 Å². The quantitative estimate of drug-likeness (QED) is 0.641. The van der Waals surface area contributed by atoms with E-state index >= 15 is 0 Å². The maximum atomic E-state index is 12.3. The van der Waals surface area contributed by atoms with Gasteiger partial charge in [-0.15, -0.1) is 0 Å². The third-order valence-electron chi connectivity index (χ3n) is 4.23. The molecule has 156 valence electrons. The van der Waals surface area contributed by atoms with Gasteiger partial charge in [0.05, 0.1) is 17.1 Å². The molecule has 1 aliphatic rings. The molecule has 0 unspecified atom stereocenters. The summed E-state index contributed by atoms with van der Waals surface area (Å²) in [5, 5.41) is 17.3. The fourth-order valence-electron chi connectivity index (χ4n) is 2.94. The van der Waals surface area contributed by atoms with E-state index in [4.69, 9.17) is 16.3 Å². The highest BCUT2D eigenvalue weighted by molar-refractivity contribution is 6.39. The van der Waals surface area contributed by atoms with E-state index in [2.05, 4.69) is 27.0 Å². The molecule has 0 bridgehead atoms. The third kappa shape index (κ3) is 7.23. The largest absolute Gasteiger partial charge is 0.444 e. The van der Waals surface area contributed by atoms with E-state index in [1.165, 1.54) is 18.3 Å². The molecule has 29 heavy (non-hydrogen) atoms. The number of amides is 3. The highest BCUT2D eigenvalue weighted by Crippen LogP contribution is 2.25. The van der Waals surface area contributed by atoms with Gasteiger partial charge in [-0.25, -0.2) is 9.78 Å². The number of aromatic nitrogens is 1. The molecular formula is C19H24ClN5O4. The van der Waals surface area contributed by atoms with Crippen molar-refractivity contribution in [3.05, 3.63) is 23.4 Å². The number of anilines is 1. The van der Waals surface area contributed by atoms with Crippen LogP contribution in [0.4, 0.5) is 10.6 Å². The second-order valence-electron chi connectivity index (χ2n) is 7.79. The van der Waals surface area contributed by atoms with Crippen LogP contribution in [0.15, 0.2) is 18.3 Å². The predicted molar refractivity (Wildman–Crippen MR) is 106 cm³/mol. The van der Waals surface area contributed by atoms with Gasteiger partial charge in [-0.1, -0.05) is 11.6 Å². The lowest BCUT2D eigenvalue weighted by molar-refractivity contribution is -0.136. The van der Waals surface area contributed by atoms with E-state index in [0.29, 0.717) is 24.3 Å². The van der Waals surface area contributed by atoms with Crippen LogP contribution < -0.4 is 16.0 Å². The Bertz CT molecular complexity index is 800. The number of halogens is 1. The summed E-state index contributed by atoms with van der Waals surface area (Å²) in [5.74, 6) is -1.82. The molecule has 3 amide bonds. The minimum atomic E-state index is -0.891. The van der Waals surface area contributed by atoms with Crippen LogP contribution in [0.5, 0.6) is 0 Å². The fraction of sp³-hybridized carbons (Fsp3) is 0.526. The number of hydrogen-bond acceptors (Lipinski definition) is 6. The zero-order valence-corrected chi connectivity index (χ0v) is 17.2. The number of pyridine rings is 1. The number of hydrogen-bond donors (Lipinski definition) is 3. The number of ether oxygens (including phenoxy) is 1. The van der Waals surface area contributed by atoms with Gasteiger partial charge in [0.2, 0.25) is 0 Å². The second kappa shape index (κ2) is 9.56. The SMILES string of the molecule is CC(C)(C)OC(=O)N[C@@H]1C[C@@H](C#N)CC[C@@H]1NC(=O)C(=O)Nc1ccc(Cl)cn1. The molecule has 2 rings (SSSR count). The summed E-state index contributed by atoms with van der Waals surface area (Å²) >= 11 is 5.74. The van der Waals surface area contributed by atoms with Crippen LogP contribution in [0, 0.1) is 17.2 Å². The van der Waals surface area contributed by atoms with Crippen LogP contribution in [0.1, 0.15) is 40.0 Å². The van der Waals surface area contributed by atoms with Crippen molar-refractivity contribution < 1.29 is 19.1 Å². The monoisotopic (exact) mass is 421 g/mol. The molecule has 1 heterocycles. The average Bonchev–Trinajstić information content (AvgIpc) is 2.63. The van der Waals surface area contributed by atoms with E-state index in [9.17, 15) is 19.6 Å². The topological polar surface area (TPSA) is 133 Å². The van der Waals surface area contributed by atoms with Gasteiger partial charge in [0, 0.05) is 18.2 Å². The van der Waals surface area contributed by atoms with Crippen LogP contribution in [0.25, 0.3) is 0 Å². The van der Waals surface area contributed by atoms with Crippen LogP contribution >= 0.6 is 11.6 Å². The van der Waals surface area contributed by atoms with Crippen molar-refractivity contribution >= 4 is 35.3 Å². The molecule has 1 aromatic rings. The van der Waals surface area contributed by atoms with E-state index in [1.807, 2.05) is 0 Å². The first kappa shape index (κ1) is 22.4. The second-order valence-corrected chi connectivity index (χ2v) is 8.22. The standard InChI is InChI=1S/C19H24ClN5O4/c1-19(2,3)29-18(28)24-14-8-11(9-21)4-6-13(14)23-16(26)17(27)25-15-7-5-12(20)10-22-15/h5,7,10-11,13-14H,4,6,8H2,1-3H3,(H,23,26)(H,24,28)(H,22,25,27)/t11-,13-,14+/m0/s1. The Morgan fingerprint density at radius 3 is 2.48 bits per heavy atom. The number of nitrogens with zero attached hydrogens (tertiary/aromatic N) is 2. The lowest BCUT2D eigenvalue weighted by Gasteiger charge is -2.35. The molecule has 0 saturated heterocycles. The fourth-order valence-corrected chi connectivity index (χ4v) is 3.05. The van der Waals surface area contributed by atoms with Gasteiger partial charge in [-0.2, -0.15) is 5.26 Å². The Kier molecular flexibility index (Phi) is 7.40. The van der Waals surface area contributed by atoms with Crippen LogP contribution in [-0.4, -0.2) is 40.6 Å². The Balaban J connectivity index is 2.00. The summed E-state index contributed by atoms with van der Waals surface area (Å²) in [6, 6.07) is 4.15. The molecule has 1 aliphatic carbocycles. The molecule has 1 fully saturated rings. The molecule has 0 radical (unpaired) electrons. The Labute approximate surface area is 174 Å². The van der Waals surface area contributed by atoms with Gasteiger partial charge in [0.25, 0.3) is 0 Å². The molecule has 9 nitrogen and oxygen atoms in total. The van der Waals surface area contributed by atoms with Gasteiger partial charge in [0.1, 0.15) is 11.4 Å². The predicted octanol–water partition coefficient (Wildman–Crippen LogP) is 2.38. The summed E-state index contributed by atoms with van der Waals surface area (Å²) in [7, 11) is 0. The number of carbonyl (C=O) groups is 3. The molecule has 1 aromatic heterocycles. The Morgan fingerprint density at radius 2 is 1.90 bits per heavy atom. The number of carbonyl (C=O) groups excluding carboxylic acids is 3. The number of alkyl carbamates (subject to hydrolysis) is 1. The normalized spacial score (nSPS) is 21.4. The van der Waals surface area contributed by atoms with E-state index in [1.54, 1.807) is 20.8 Å². The van der Waals surface area contributed by atoms with Crippen molar-refractivity contribution in [2.75, 3.05) is 5.32 Å². The first-order valence-electron chi connectivity index (χ1n) is 9.20. The highest BCUT2D eigenvalue weighted by atomic mass is 35.5. The van der Waals surface area contributed by atoms with Crippen LogP contribution in [-0.2, 0) is 14.3 Å². The first-order valence-corrected chi connectivity index (χ1v) is 9.57. The molecule has 0 aromatic carbocycles. The summed E-state index contributed by atoms with van der Waals surface area (Å²) < 4.78 is 5.25. The number of rotatable bonds is 3. The van der Waals surface area contributed by atoms with Crippen molar-refractivity contribution in [1.29, 1.82) is 5.26 Å². The molecule has 3 atom stereocenters. The summed E-state index contributed by atoms with van der Waals surface area (Å²) in [5.41, 5.74) is -0.683. The lowest BCUT2D eigenvalue weighted by Crippen LogP contribution is -2.56. The van der Waals surface area contributed by atoms with Gasteiger partial charge in [0.15, 0.2) is 0 Å². The zero-order chi connectivity index (χ0) is 21.6. The van der Waals surface area contributed by atoms with E-state index < -0.39 is 35.6 Å². The molecular weight excluding hydrogens is 398 g/mol. The van der Waals surface area contributed by atoms with Crippen molar-refractivity contribution in [1.82, 2.24) is 15.6 Å². The van der Waals surface area contributed by atoms with Crippen molar-refractivity contribution in [2.24, 2.45) is 5.92 Å². The van der Waals surface area contributed by atoms with E-state index in [0.717, 1.165) is 0 Å². The minimum absolute atomic E-state index is 0.186. The van der Waals surface area contributed by atoms with Gasteiger partial charge in [-0.05, 0) is 52.2 Å². The number of nitrogens with one attached hydrogen (secondary N) is 3. The van der Waals surface area contributed by atoms with E-state index in [-0.39, 0.29) is 11.7 Å². The maximum Gasteiger partial charge on any atom is 0.407 e. The van der Waals surface area contributed by atoms with Gasteiger partial charge in [-0.3, -0.25) is 9.59 Å². The summed E-state index contributed by atoms with van der Waals surface area (Å²) in [6.07, 6.45) is 2.04. The summed E-state index contributed by atoms with van der Waals surface area (Å²) in [4.78, 5) is 40.5. The molecule has 3 N–H and O–H groups in total. The maximum absolute atomic E-state index is 12.3. The van der Waals surface area contributed by atoms with Crippen molar-refractivity contribution in [3.63, 3.8) is 0 Å². The molecule has 0 spiro atoms. The van der Waals surface area contributed by atoms with Crippen molar-refractivity contribution in [2.45, 2.75) is 57.7 Å². The Morgan fingerprint density at radius 1 is 1.17 bits per heavy atom. The average molecular weight is 422 g/mol. The number of nitriles is 1. The summed E-state index contributed by atoms with van der Waals surface area (Å²) in [6.45, 7) is 5.21. The molecule has 10 heteroatoms. The Hall–Kier alpha value is -2.86. The van der Waals surface area contributed by atoms with Crippen molar-refractivity contribution in [3.8, 4) is 6.07 Å². The highest BCUT2D eigenvalue weighted by Gasteiger charge is 2.34. The molecule has 0 aliphatic heterocycles. The minimum Gasteiger partial charge on any atom is -0.444 e. The van der Waals surface area contributed by atoms with Gasteiger partial charge < -0.3 is 20.7 Å². The van der Waals surface area contributed by atoms with Crippen LogP contribution in [0.3, 0.4) is 0 Å². The first-order chi connectivity index (χ1) is 13.6. The third-order valence-corrected chi connectivity index (χ3v) is 4.45. The zero-order valence-electron chi connectivity index (χ0n) is 16.5. The molecule has 1 saturated carbocycles. The van der Waals surface area contributed by atoms with Crippen LogP contribution in [0.2, 0.25) is 5.02 Å². The lowest BCUT2D eigenvalue weighted by atomic mass is 9.83. The smallest absolute Gasteiger partial charge is 0.407 e.